The maximum Gasteiger partial charge on any atom is 0.329 e. The number of nitrogens with zero attached hydrogens (tertiary/aromatic N) is 2. The number of ether oxygens (including phenoxy) is 1. The van der Waals surface area contributed by atoms with Crippen molar-refractivity contribution in [3.05, 3.63) is 49.4 Å². The fraction of sp³-hybridized carbons (Fsp3) is 0.333. The van der Waals surface area contributed by atoms with Gasteiger partial charge in [-0.15, -0.1) is 11.3 Å². The highest BCUT2D eigenvalue weighted by Gasteiger charge is 2.42. The molecule has 0 fully saturated rings. The van der Waals surface area contributed by atoms with Gasteiger partial charge in [0.2, 0.25) is 0 Å². The van der Waals surface area contributed by atoms with E-state index in [1.54, 1.807) is 0 Å². The van der Waals surface area contributed by atoms with E-state index in [9.17, 15) is 14.4 Å². The molecular weight excluding hydrogens is 411 g/mol. The van der Waals surface area contributed by atoms with Crippen LogP contribution in [0.3, 0.4) is 0 Å². The minimum absolute atomic E-state index is 0.00971. The number of halogens is 2. The largest absolute Gasteiger partial charge is 0.458 e. The van der Waals surface area contributed by atoms with E-state index in [-0.39, 0.29) is 27.8 Å². The van der Waals surface area contributed by atoms with Crippen LogP contribution in [0.2, 0.25) is 10.0 Å². The van der Waals surface area contributed by atoms with E-state index in [4.69, 9.17) is 27.9 Å². The maximum absolute atomic E-state index is 12.6. The quantitative estimate of drug-likeness (QED) is 0.512. The van der Waals surface area contributed by atoms with Gasteiger partial charge in [0.1, 0.15) is 12.6 Å². The van der Waals surface area contributed by atoms with Gasteiger partial charge in [0, 0.05) is 5.38 Å². The van der Waals surface area contributed by atoms with Crippen LogP contribution in [0.5, 0.6) is 0 Å². The molecule has 142 valence electrons. The second-order valence-electron chi connectivity index (χ2n) is 6.06. The molecule has 1 aromatic carbocycles. The molecule has 27 heavy (non-hydrogen) atoms. The predicted molar refractivity (Wildman–Crippen MR) is 102 cm³/mol. The fourth-order valence-electron chi connectivity index (χ4n) is 2.72. The highest BCUT2D eigenvalue weighted by molar-refractivity contribution is 7.09. The molecule has 2 amide bonds. The molecule has 2 aromatic rings. The number of aryl methyl sites for hydroxylation is 1. The molecule has 0 saturated heterocycles. The Morgan fingerprint density at radius 2 is 1.81 bits per heavy atom. The number of imide groups is 1. The number of hydrogen-bond acceptors (Lipinski definition) is 6. The van der Waals surface area contributed by atoms with Crippen LogP contribution in [0, 0.1) is 0 Å². The molecule has 6 nitrogen and oxygen atoms in total. The van der Waals surface area contributed by atoms with Crippen molar-refractivity contribution < 1.29 is 19.1 Å². The monoisotopic (exact) mass is 426 g/mol. The lowest BCUT2D eigenvalue weighted by Gasteiger charge is -2.20. The van der Waals surface area contributed by atoms with E-state index in [1.165, 1.54) is 30.4 Å². The van der Waals surface area contributed by atoms with Gasteiger partial charge in [0.25, 0.3) is 11.8 Å². The van der Waals surface area contributed by atoms with E-state index in [2.05, 4.69) is 11.9 Å². The Bertz CT molecular complexity index is 887. The summed E-state index contributed by atoms with van der Waals surface area (Å²) in [5.74, 6) is -1.89. The van der Waals surface area contributed by atoms with E-state index in [0.29, 0.717) is 5.69 Å². The number of thiazole rings is 1. The van der Waals surface area contributed by atoms with E-state index < -0.39 is 23.8 Å². The Balaban J connectivity index is 1.69. The SMILES string of the molecule is CCCc1nc(COC(=O)[C@H](C)N2C(=O)c3cc(Cl)c(Cl)cc3C2=O)cs1. The lowest BCUT2D eigenvalue weighted by molar-refractivity contribution is -0.149. The first-order valence-electron chi connectivity index (χ1n) is 8.30. The molecule has 9 heteroatoms. The number of rotatable bonds is 6. The normalized spacial score (nSPS) is 14.4. The van der Waals surface area contributed by atoms with Crippen molar-refractivity contribution in [3.63, 3.8) is 0 Å². The molecule has 1 aliphatic rings. The predicted octanol–water partition coefficient (Wildman–Crippen LogP) is 4.13. The highest BCUT2D eigenvalue weighted by Crippen LogP contribution is 2.32. The zero-order valence-electron chi connectivity index (χ0n) is 14.6. The number of esters is 1. The van der Waals surface area contributed by atoms with Gasteiger partial charge >= 0.3 is 5.97 Å². The van der Waals surface area contributed by atoms with Crippen LogP contribution in [0.1, 0.15) is 51.7 Å². The van der Waals surface area contributed by atoms with Crippen LogP contribution in [0.25, 0.3) is 0 Å². The Morgan fingerprint density at radius 1 is 1.22 bits per heavy atom. The van der Waals surface area contributed by atoms with Gasteiger partial charge in [-0.2, -0.15) is 0 Å². The summed E-state index contributed by atoms with van der Waals surface area (Å²) < 4.78 is 5.24. The molecular formula is C18H16Cl2N2O4S. The molecule has 0 saturated carbocycles. The summed E-state index contributed by atoms with van der Waals surface area (Å²) in [5, 5.41) is 3.14. The van der Waals surface area contributed by atoms with Gasteiger partial charge in [-0.05, 0) is 31.9 Å². The van der Waals surface area contributed by atoms with Crippen molar-refractivity contribution in [2.24, 2.45) is 0 Å². The molecule has 2 heterocycles. The Kier molecular flexibility index (Phi) is 5.83. The van der Waals surface area contributed by atoms with Crippen LogP contribution >= 0.6 is 34.5 Å². The summed E-state index contributed by atoms with van der Waals surface area (Å²) in [7, 11) is 0. The maximum atomic E-state index is 12.6. The zero-order chi connectivity index (χ0) is 19.7. The lowest BCUT2D eigenvalue weighted by atomic mass is 10.1. The van der Waals surface area contributed by atoms with Crippen molar-refractivity contribution >= 4 is 52.3 Å². The van der Waals surface area contributed by atoms with Gasteiger partial charge in [0.05, 0.1) is 31.9 Å². The van der Waals surface area contributed by atoms with Gasteiger partial charge in [-0.3, -0.25) is 14.5 Å². The average molecular weight is 427 g/mol. The standard InChI is InChI=1S/C18H16Cl2N2O4S/c1-3-4-15-21-10(8-27-15)7-26-18(25)9(2)22-16(23)11-5-13(19)14(20)6-12(11)17(22)24/h5-6,8-9H,3-4,7H2,1-2H3/t9-/m0/s1. The van der Waals surface area contributed by atoms with Gasteiger partial charge in [-0.1, -0.05) is 30.1 Å². The number of carbonyl (C=O) groups excluding carboxylic acids is 3. The van der Waals surface area contributed by atoms with Crippen LogP contribution < -0.4 is 0 Å². The average Bonchev–Trinajstić information content (AvgIpc) is 3.17. The fourth-order valence-corrected chi connectivity index (χ4v) is 3.93. The van der Waals surface area contributed by atoms with E-state index >= 15 is 0 Å². The first-order chi connectivity index (χ1) is 12.8. The topological polar surface area (TPSA) is 76.6 Å². The highest BCUT2D eigenvalue weighted by atomic mass is 35.5. The minimum Gasteiger partial charge on any atom is -0.458 e. The van der Waals surface area contributed by atoms with Crippen LogP contribution in [-0.2, 0) is 22.6 Å². The molecule has 0 spiro atoms. The third-order valence-corrected chi connectivity index (χ3v) is 5.79. The van der Waals surface area contributed by atoms with E-state index in [1.807, 2.05) is 5.38 Å². The van der Waals surface area contributed by atoms with Crippen molar-refractivity contribution in [2.45, 2.75) is 39.3 Å². The zero-order valence-corrected chi connectivity index (χ0v) is 17.0. The number of benzene rings is 1. The Hall–Kier alpha value is -1.96. The number of carbonyl (C=O) groups is 3. The molecule has 0 bridgehead atoms. The summed E-state index contributed by atoms with van der Waals surface area (Å²) in [4.78, 5) is 42.7. The Morgan fingerprint density at radius 3 is 2.37 bits per heavy atom. The van der Waals surface area contributed by atoms with E-state index in [0.717, 1.165) is 22.7 Å². The molecule has 0 N–H and O–H groups in total. The molecule has 1 aliphatic heterocycles. The first kappa shape index (κ1) is 19.8. The van der Waals surface area contributed by atoms with Crippen molar-refractivity contribution in [3.8, 4) is 0 Å². The van der Waals surface area contributed by atoms with Gasteiger partial charge < -0.3 is 4.74 Å². The summed E-state index contributed by atoms with van der Waals surface area (Å²) >= 11 is 13.4. The minimum atomic E-state index is -1.08. The molecule has 0 aliphatic carbocycles. The second kappa shape index (κ2) is 7.96. The van der Waals surface area contributed by atoms with Crippen LogP contribution in [-0.4, -0.2) is 33.7 Å². The second-order valence-corrected chi connectivity index (χ2v) is 7.82. The third kappa shape index (κ3) is 3.85. The smallest absolute Gasteiger partial charge is 0.329 e. The van der Waals surface area contributed by atoms with Crippen LogP contribution in [0.15, 0.2) is 17.5 Å². The number of aromatic nitrogens is 1. The third-order valence-electron chi connectivity index (χ3n) is 4.11. The van der Waals surface area contributed by atoms with Crippen molar-refractivity contribution in [1.82, 2.24) is 9.88 Å². The number of hydrogen-bond donors (Lipinski definition) is 0. The van der Waals surface area contributed by atoms with Crippen LogP contribution in [0.4, 0.5) is 0 Å². The summed E-state index contributed by atoms with van der Waals surface area (Å²) in [6.45, 7) is 3.49. The summed E-state index contributed by atoms with van der Waals surface area (Å²) in [5.41, 5.74) is 0.889. The molecule has 0 radical (unpaired) electrons. The molecule has 1 atom stereocenters. The lowest BCUT2D eigenvalue weighted by Crippen LogP contribution is -2.43. The number of amides is 2. The Labute approximate surface area is 170 Å². The number of fused-ring (bicyclic) bond motifs is 1. The summed E-state index contributed by atoms with van der Waals surface area (Å²) in [6.07, 6.45) is 1.85. The summed E-state index contributed by atoms with van der Waals surface area (Å²) in [6, 6.07) is 1.59. The first-order valence-corrected chi connectivity index (χ1v) is 9.93. The molecule has 0 unspecified atom stereocenters. The van der Waals surface area contributed by atoms with Crippen molar-refractivity contribution in [1.29, 1.82) is 0 Å². The van der Waals surface area contributed by atoms with Crippen molar-refractivity contribution in [2.75, 3.05) is 0 Å². The molecule has 3 rings (SSSR count). The van der Waals surface area contributed by atoms with Gasteiger partial charge in [0.15, 0.2) is 0 Å². The molecule has 1 aromatic heterocycles. The van der Waals surface area contributed by atoms with Gasteiger partial charge in [-0.25, -0.2) is 9.78 Å².